The van der Waals surface area contributed by atoms with Gasteiger partial charge in [0.15, 0.2) is 0 Å². The molecule has 29 heavy (non-hydrogen) atoms. The van der Waals surface area contributed by atoms with Crippen LogP contribution in [-0.2, 0) is 19.1 Å². The number of methoxy groups -OCH3 is 2. The number of hydrogen-bond donors (Lipinski definition) is 0. The monoisotopic (exact) mass is 394 g/mol. The Balaban J connectivity index is 2.11. The molecule has 0 spiro atoms. The minimum atomic E-state index is -0.330. The van der Waals surface area contributed by atoms with Crippen molar-refractivity contribution < 1.29 is 19.1 Å². The molecule has 0 bridgehead atoms. The molecule has 1 heterocycles. The average Bonchev–Trinajstić information content (AvgIpc) is 2.99. The number of anilines is 1. The number of ether oxygens (including phenoxy) is 2. The first-order chi connectivity index (χ1) is 14.1. The van der Waals surface area contributed by atoms with Crippen LogP contribution in [-0.4, -0.2) is 57.2 Å². The van der Waals surface area contributed by atoms with Gasteiger partial charge in [-0.3, -0.25) is 9.59 Å². The molecule has 1 aliphatic heterocycles. The zero-order valence-corrected chi connectivity index (χ0v) is 17.1. The van der Waals surface area contributed by atoms with Gasteiger partial charge in [0.1, 0.15) is 5.70 Å². The van der Waals surface area contributed by atoms with Crippen molar-refractivity contribution in [3.05, 3.63) is 71.4 Å². The Morgan fingerprint density at radius 1 is 0.828 bits per heavy atom. The van der Waals surface area contributed by atoms with E-state index in [1.807, 2.05) is 54.3 Å². The number of nitrogens with zero attached hydrogens (tertiary/aromatic N) is 2. The van der Waals surface area contributed by atoms with Crippen LogP contribution in [0.5, 0.6) is 0 Å². The Labute approximate surface area is 171 Å². The molecule has 2 amide bonds. The first kappa shape index (κ1) is 20.8. The number of benzene rings is 2. The van der Waals surface area contributed by atoms with Gasteiger partial charge in [0, 0.05) is 27.3 Å². The molecule has 0 fully saturated rings. The van der Waals surface area contributed by atoms with Gasteiger partial charge in [-0.2, -0.15) is 0 Å². The Kier molecular flexibility index (Phi) is 6.80. The summed E-state index contributed by atoms with van der Waals surface area (Å²) >= 11 is 0. The van der Waals surface area contributed by atoms with Crippen LogP contribution < -0.4 is 4.90 Å². The van der Waals surface area contributed by atoms with Crippen LogP contribution in [0.25, 0.3) is 5.57 Å². The fraction of sp³-hybridized carbons (Fsp3) is 0.304. The highest BCUT2D eigenvalue weighted by Crippen LogP contribution is 2.34. The number of para-hydroxylation sites is 1. The number of carbonyl (C=O) groups excluding carboxylic acids is 2. The molecule has 0 aromatic heterocycles. The highest BCUT2D eigenvalue weighted by atomic mass is 16.5. The van der Waals surface area contributed by atoms with Gasteiger partial charge in [0.25, 0.3) is 11.8 Å². The van der Waals surface area contributed by atoms with Crippen molar-refractivity contribution in [3.63, 3.8) is 0 Å². The zero-order chi connectivity index (χ0) is 20.8. The lowest BCUT2D eigenvalue weighted by molar-refractivity contribution is -0.120. The lowest BCUT2D eigenvalue weighted by Crippen LogP contribution is -2.37. The zero-order valence-electron chi connectivity index (χ0n) is 17.1. The number of aryl methyl sites for hydroxylation is 1. The summed E-state index contributed by atoms with van der Waals surface area (Å²) in [7, 11) is 3.23. The van der Waals surface area contributed by atoms with E-state index in [0.29, 0.717) is 43.3 Å². The van der Waals surface area contributed by atoms with E-state index in [1.165, 1.54) is 4.90 Å². The number of carbonyl (C=O) groups is 2. The van der Waals surface area contributed by atoms with Crippen LogP contribution in [0.1, 0.15) is 11.1 Å². The Morgan fingerprint density at radius 3 is 1.97 bits per heavy atom. The number of amides is 2. The summed E-state index contributed by atoms with van der Waals surface area (Å²) in [4.78, 5) is 30.0. The summed E-state index contributed by atoms with van der Waals surface area (Å²) in [5, 5.41) is 0. The van der Waals surface area contributed by atoms with Gasteiger partial charge in [-0.15, -0.1) is 0 Å². The highest BCUT2D eigenvalue weighted by Gasteiger charge is 2.42. The van der Waals surface area contributed by atoms with Crippen molar-refractivity contribution in [1.29, 1.82) is 0 Å². The van der Waals surface area contributed by atoms with Crippen molar-refractivity contribution >= 4 is 23.1 Å². The van der Waals surface area contributed by atoms with Crippen molar-refractivity contribution in [2.24, 2.45) is 0 Å². The SMILES string of the molecule is COCCN(CCOC)C1=C(c2ccc(C)cc2)C(=O)N(c2ccccc2)C1=O. The second kappa shape index (κ2) is 9.49. The smallest absolute Gasteiger partial charge is 0.282 e. The van der Waals surface area contributed by atoms with Crippen LogP contribution in [0.15, 0.2) is 60.3 Å². The molecule has 2 aromatic rings. The summed E-state index contributed by atoms with van der Waals surface area (Å²) in [5.41, 5.74) is 3.16. The first-order valence-corrected chi connectivity index (χ1v) is 9.56. The minimum Gasteiger partial charge on any atom is -0.383 e. The van der Waals surface area contributed by atoms with E-state index >= 15 is 0 Å². The third-order valence-corrected chi connectivity index (χ3v) is 4.86. The molecule has 6 heteroatoms. The molecule has 0 aliphatic carbocycles. The number of hydrogen-bond acceptors (Lipinski definition) is 5. The molecule has 152 valence electrons. The van der Waals surface area contributed by atoms with E-state index in [0.717, 1.165) is 11.1 Å². The predicted octanol–water partition coefficient (Wildman–Crippen LogP) is 2.87. The lowest BCUT2D eigenvalue weighted by Gasteiger charge is -2.25. The van der Waals surface area contributed by atoms with Gasteiger partial charge >= 0.3 is 0 Å². The highest BCUT2D eigenvalue weighted by molar-refractivity contribution is 6.45. The summed E-state index contributed by atoms with van der Waals surface area (Å²) in [6, 6.07) is 16.7. The maximum absolute atomic E-state index is 13.5. The van der Waals surface area contributed by atoms with E-state index in [4.69, 9.17) is 9.47 Å². The fourth-order valence-corrected chi connectivity index (χ4v) is 3.34. The molecule has 3 rings (SSSR count). The van der Waals surface area contributed by atoms with Crippen LogP contribution in [0.4, 0.5) is 5.69 Å². The Hall–Kier alpha value is -2.96. The molecule has 1 aliphatic rings. The van der Waals surface area contributed by atoms with Gasteiger partial charge in [-0.05, 0) is 24.6 Å². The molecular weight excluding hydrogens is 368 g/mol. The predicted molar refractivity (Wildman–Crippen MR) is 112 cm³/mol. The van der Waals surface area contributed by atoms with Crippen molar-refractivity contribution in [1.82, 2.24) is 4.90 Å². The van der Waals surface area contributed by atoms with Crippen molar-refractivity contribution in [2.45, 2.75) is 6.92 Å². The number of rotatable bonds is 9. The lowest BCUT2D eigenvalue weighted by atomic mass is 10.0. The molecule has 0 unspecified atom stereocenters. The van der Waals surface area contributed by atoms with E-state index in [1.54, 1.807) is 26.4 Å². The minimum absolute atomic E-state index is 0.320. The molecule has 6 nitrogen and oxygen atoms in total. The van der Waals surface area contributed by atoms with E-state index in [2.05, 4.69) is 0 Å². The van der Waals surface area contributed by atoms with Crippen LogP contribution >= 0.6 is 0 Å². The largest absolute Gasteiger partial charge is 0.383 e. The van der Waals surface area contributed by atoms with Crippen LogP contribution in [0.2, 0.25) is 0 Å². The third-order valence-electron chi connectivity index (χ3n) is 4.86. The Bertz CT molecular complexity index is 883. The second-order valence-corrected chi connectivity index (χ2v) is 6.84. The summed E-state index contributed by atoms with van der Waals surface area (Å²) < 4.78 is 10.5. The summed E-state index contributed by atoms with van der Waals surface area (Å²) in [6.07, 6.45) is 0. The van der Waals surface area contributed by atoms with Crippen LogP contribution in [0.3, 0.4) is 0 Å². The van der Waals surface area contributed by atoms with Gasteiger partial charge in [-0.1, -0.05) is 48.0 Å². The third kappa shape index (κ3) is 4.39. The van der Waals surface area contributed by atoms with Crippen molar-refractivity contribution in [3.8, 4) is 0 Å². The Morgan fingerprint density at radius 2 is 1.41 bits per heavy atom. The molecule has 2 aromatic carbocycles. The average molecular weight is 394 g/mol. The molecule has 0 N–H and O–H groups in total. The molecule has 0 radical (unpaired) electrons. The van der Waals surface area contributed by atoms with Gasteiger partial charge in [0.05, 0.1) is 24.5 Å². The summed E-state index contributed by atoms with van der Waals surface area (Å²) in [5.74, 6) is -0.649. The van der Waals surface area contributed by atoms with Gasteiger partial charge in [-0.25, -0.2) is 4.90 Å². The van der Waals surface area contributed by atoms with E-state index < -0.39 is 0 Å². The number of imide groups is 1. The molecule has 0 saturated heterocycles. The first-order valence-electron chi connectivity index (χ1n) is 9.56. The van der Waals surface area contributed by atoms with E-state index in [9.17, 15) is 9.59 Å². The second-order valence-electron chi connectivity index (χ2n) is 6.84. The maximum Gasteiger partial charge on any atom is 0.282 e. The van der Waals surface area contributed by atoms with Gasteiger partial charge in [0.2, 0.25) is 0 Å². The van der Waals surface area contributed by atoms with Crippen molar-refractivity contribution in [2.75, 3.05) is 45.4 Å². The fourth-order valence-electron chi connectivity index (χ4n) is 3.34. The summed E-state index contributed by atoms with van der Waals surface area (Å²) in [6.45, 7) is 3.81. The van der Waals surface area contributed by atoms with Crippen LogP contribution in [0, 0.1) is 6.92 Å². The quantitative estimate of drug-likeness (QED) is 0.612. The van der Waals surface area contributed by atoms with E-state index in [-0.39, 0.29) is 11.8 Å². The molecule has 0 saturated carbocycles. The molecular formula is C23H26N2O4. The molecule has 0 atom stereocenters. The topological polar surface area (TPSA) is 59.1 Å². The normalized spacial score (nSPS) is 14.1. The van der Waals surface area contributed by atoms with Gasteiger partial charge < -0.3 is 14.4 Å². The maximum atomic E-state index is 13.5. The standard InChI is InChI=1S/C23H26N2O4/c1-17-9-11-18(12-10-17)20-21(24(13-15-28-2)14-16-29-3)23(27)25(22(20)26)19-7-5-4-6-8-19/h4-12H,13-16H2,1-3H3.